The first kappa shape index (κ1) is 28.6. The van der Waals surface area contributed by atoms with Crippen molar-refractivity contribution in [1.82, 2.24) is 5.32 Å². The van der Waals surface area contributed by atoms with Crippen molar-refractivity contribution in [3.8, 4) is 0 Å². The first-order chi connectivity index (χ1) is 18.5. The van der Waals surface area contributed by atoms with Crippen LogP contribution in [0.5, 0.6) is 0 Å². The van der Waals surface area contributed by atoms with Crippen LogP contribution < -0.4 is 5.32 Å². The molecule has 0 bridgehead atoms. The molecule has 0 saturated heterocycles. The first-order valence-electron chi connectivity index (χ1n) is 15.5. The highest BCUT2D eigenvalue weighted by molar-refractivity contribution is 5.83. The van der Waals surface area contributed by atoms with E-state index in [1.54, 1.807) is 0 Å². The van der Waals surface area contributed by atoms with Gasteiger partial charge >= 0.3 is 5.97 Å². The Morgan fingerprint density at radius 1 is 1.00 bits per heavy atom. The summed E-state index contributed by atoms with van der Waals surface area (Å²) in [4.78, 5) is 24.6. The highest BCUT2D eigenvalue weighted by atomic mass is 16.4. The number of carbonyl (C=O) groups excluding carboxylic acids is 1. The Balaban J connectivity index is 1.21. The van der Waals surface area contributed by atoms with Gasteiger partial charge in [-0.25, -0.2) is 4.79 Å². The van der Waals surface area contributed by atoms with E-state index in [4.69, 9.17) is 0 Å². The summed E-state index contributed by atoms with van der Waals surface area (Å²) >= 11 is 0. The normalized spacial score (nSPS) is 41.0. The second-order valence-corrected chi connectivity index (χ2v) is 14.1. The van der Waals surface area contributed by atoms with Gasteiger partial charge in [-0.2, -0.15) is 0 Å². The van der Waals surface area contributed by atoms with Crippen LogP contribution in [0.1, 0.15) is 90.5 Å². The fourth-order valence-corrected chi connectivity index (χ4v) is 10.0. The van der Waals surface area contributed by atoms with Gasteiger partial charge in [0.05, 0.1) is 12.2 Å². The Labute approximate surface area is 234 Å². The third kappa shape index (κ3) is 5.28. The summed E-state index contributed by atoms with van der Waals surface area (Å²) < 4.78 is 0. The van der Waals surface area contributed by atoms with E-state index in [1.165, 1.54) is 12.8 Å². The first-order valence-corrected chi connectivity index (χ1v) is 15.5. The van der Waals surface area contributed by atoms with Crippen LogP contribution in [0.25, 0.3) is 0 Å². The molecule has 216 valence electrons. The van der Waals surface area contributed by atoms with Gasteiger partial charge in [0.15, 0.2) is 0 Å². The number of carboxylic acids is 1. The van der Waals surface area contributed by atoms with Gasteiger partial charge in [0.2, 0.25) is 5.91 Å². The average Bonchev–Trinajstić information content (AvgIpc) is 3.27. The molecule has 0 spiro atoms. The zero-order valence-corrected chi connectivity index (χ0v) is 24.0. The van der Waals surface area contributed by atoms with Crippen molar-refractivity contribution >= 4 is 11.9 Å². The van der Waals surface area contributed by atoms with E-state index in [0.29, 0.717) is 42.4 Å². The molecule has 4 aliphatic carbocycles. The predicted octanol–water partition coefficient (Wildman–Crippen LogP) is 5.21. The van der Waals surface area contributed by atoms with Crippen LogP contribution >= 0.6 is 0 Å². The Kier molecular flexibility index (Phi) is 8.18. The number of carboxylic acid groups (broad SMARTS) is 1. The van der Waals surface area contributed by atoms with Crippen molar-refractivity contribution in [2.24, 2.45) is 46.3 Å². The minimum atomic E-state index is -1.01. The number of rotatable bonds is 8. The Morgan fingerprint density at radius 3 is 2.46 bits per heavy atom. The molecule has 11 atom stereocenters. The Bertz CT molecular complexity index is 1030. The van der Waals surface area contributed by atoms with Crippen molar-refractivity contribution in [2.45, 2.75) is 110 Å². The molecule has 4 fully saturated rings. The van der Waals surface area contributed by atoms with Crippen molar-refractivity contribution in [2.75, 3.05) is 0 Å². The van der Waals surface area contributed by atoms with Crippen molar-refractivity contribution in [3.05, 3.63) is 35.9 Å². The van der Waals surface area contributed by atoms with Gasteiger partial charge < -0.3 is 20.6 Å². The largest absolute Gasteiger partial charge is 0.480 e. The molecule has 1 amide bonds. The zero-order valence-electron chi connectivity index (χ0n) is 24.0. The second kappa shape index (κ2) is 11.2. The summed E-state index contributed by atoms with van der Waals surface area (Å²) in [6, 6.07) is 8.47. The Hall–Kier alpha value is -1.92. The fourth-order valence-electron chi connectivity index (χ4n) is 10.0. The summed E-state index contributed by atoms with van der Waals surface area (Å²) in [7, 11) is 0. The predicted molar refractivity (Wildman–Crippen MR) is 151 cm³/mol. The van der Waals surface area contributed by atoms with Gasteiger partial charge in [0.1, 0.15) is 6.04 Å². The molecule has 4 aliphatic rings. The number of aliphatic carboxylic acids is 1. The molecule has 0 aliphatic heterocycles. The summed E-state index contributed by atoms with van der Waals surface area (Å²) in [6.07, 6.45) is 9.20. The molecule has 11 unspecified atom stereocenters. The van der Waals surface area contributed by atoms with Crippen LogP contribution in [0.3, 0.4) is 0 Å². The zero-order chi connectivity index (χ0) is 27.9. The molecule has 1 aromatic carbocycles. The number of hydrogen-bond acceptors (Lipinski definition) is 4. The SMILES string of the molecule is CC(CCC(=O)NC(Cc1ccccc1)C(=O)O)C1CCC2C3CCC4CC(O)CCC4(C)C3CC(O)C12C. The number of amides is 1. The number of fused-ring (bicyclic) bond motifs is 5. The van der Waals surface area contributed by atoms with E-state index in [1.807, 2.05) is 30.3 Å². The summed E-state index contributed by atoms with van der Waals surface area (Å²) in [5, 5.41) is 34.5. The van der Waals surface area contributed by atoms with Crippen LogP contribution in [0.4, 0.5) is 0 Å². The topological polar surface area (TPSA) is 107 Å². The Morgan fingerprint density at radius 2 is 1.74 bits per heavy atom. The monoisotopic (exact) mass is 539 g/mol. The maximum Gasteiger partial charge on any atom is 0.326 e. The quantitative estimate of drug-likeness (QED) is 0.363. The molecular formula is C33H49NO5. The lowest BCUT2D eigenvalue weighted by atomic mass is 9.43. The third-order valence-corrected chi connectivity index (χ3v) is 12.2. The molecule has 0 radical (unpaired) electrons. The van der Waals surface area contributed by atoms with Crippen molar-refractivity contribution < 1.29 is 24.9 Å². The summed E-state index contributed by atoms with van der Waals surface area (Å²) in [5.74, 6) is 1.70. The van der Waals surface area contributed by atoms with Crippen molar-refractivity contribution in [1.29, 1.82) is 0 Å². The smallest absolute Gasteiger partial charge is 0.326 e. The molecule has 4 N–H and O–H groups in total. The van der Waals surface area contributed by atoms with Crippen LogP contribution in [0.15, 0.2) is 30.3 Å². The van der Waals surface area contributed by atoms with Gasteiger partial charge in [-0.3, -0.25) is 4.79 Å². The summed E-state index contributed by atoms with van der Waals surface area (Å²) in [6.45, 7) is 7.00. The minimum Gasteiger partial charge on any atom is -0.480 e. The van der Waals surface area contributed by atoms with Crippen molar-refractivity contribution in [3.63, 3.8) is 0 Å². The third-order valence-electron chi connectivity index (χ3n) is 12.2. The standard InChI is InChI=1S/C33H49NO5/c1-20(9-14-30(37)34-28(31(38)39)17-21-7-5-4-6-8-21)25-12-13-26-24-11-10-22-18-23(35)15-16-32(22,2)27(24)19-29(36)33(25,26)3/h4-8,20,22-29,35-36H,9-19H2,1-3H3,(H,34,37)(H,38,39). The van der Waals surface area contributed by atoms with E-state index >= 15 is 0 Å². The lowest BCUT2D eigenvalue weighted by Gasteiger charge is -2.62. The molecular weight excluding hydrogens is 490 g/mol. The van der Waals surface area contributed by atoms with Gasteiger partial charge in [-0.1, -0.05) is 51.1 Å². The van der Waals surface area contributed by atoms with Gasteiger partial charge in [-0.05, 0) is 110 Å². The number of nitrogens with one attached hydrogen (secondary N) is 1. The van der Waals surface area contributed by atoms with E-state index in [-0.39, 0.29) is 41.3 Å². The lowest BCUT2D eigenvalue weighted by molar-refractivity contribution is -0.175. The van der Waals surface area contributed by atoms with Gasteiger partial charge in [0.25, 0.3) is 0 Å². The summed E-state index contributed by atoms with van der Waals surface area (Å²) in [5.41, 5.74) is 0.985. The molecule has 6 heteroatoms. The maximum absolute atomic E-state index is 12.8. The van der Waals surface area contributed by atoms with Crippen LogP contribution in [-0.2, 0) is 16.0 Å². The van der Waals surface area contributed by atoms with Gasteiger partial charge in [-0.15, -0.1) is 0 Å². The average molecular weight is 540 g/mol. The molecule has 5 rings (SSSR count). The second-order valence-electron chi connectivity index (χ2n) is 14.1. The number of hydrogen-bond donors (Lipinski definition) is 4. The van der Waals surface area contributed by atoms with E-state index in [0.717, 1.165) is 44.1 Å². The molecule has 4 saturated carbocycles. The lowest BCUT2D eigenvalue weighted by Crippen LogP contribution is -2.58. The molecule has 0 heterocycles. The molecule has 0 aromatic heterocycles. The van der Waals surface area contributed by atoms with Crippen LogP contribution in [0.2, 0.25) is 0 Å². The highest BCUT2D eigenvalue weighted by Gasteiger charge is 2.63. The highest BCUT2D eigenvalue weighted by Crippen LogP contribution is 2.68. The van der Waals surface area contributed by atoms with Gasteiger partial charge in [0, 0.05) is 12.8 Å². The number of aliphatic hydroxyl groups excluding tert-OH is 2. The maximum atomic E-state index is 12.8. The van der Waals surface area contributed by atoms with Crippen LogP contribution in [-0.4, -0.2) is 45.4 Å². The number of benzene rings is 1. The number of carbonyl (C=O) groups is 2. The van der Waals surface area contributed by atoms with E-state index in [9.17, 15) is 24.9 Å². The molecule has 39 heavy (non-hydrogen) atoms. The van der Waals surface area contributed by atoms with E-state index < -0.39 is 12.0 Å². The minimum absolute atomic E-state index is 0.134. The van der Waals surface area contributed by atoms with E-state index in [2.05, 4.69) is 26.1 Å². The fraction of sp³-hybridized carbons (Fsp3) is 0.758. The molecule has 6 nitrogen and oxygen atoms in total. The van der Waals surface area contributed by atoms with Crippen LogP contribution in [0, 0.1) is 46.3 Å². The molecule has 1 aromatic rings. The number of aliphatic hydroxyl groups is 2.